The second-order valence-electron chi connectivity index (χ2n) is 7.30. The number of nitrogens with zero attached hydrogens (tertiary/aromatic N) is 1. The molecule has 1 heterocycles. The van der Waals surface area contributed by atoms with E-state index < -0.39 is 0 Å². The van der Waals surface area contributed by atoms with Crippen LogP contribution in [0.4, 0.5) is 0 Å². The first-order valence-corrected chi connectivity index (χ1v) is 10.4. The third-order valence-corrected chi connectivity index (χ3v) is 6.03. The highest BCUT2D eigenvalue weighted by atomic mass is 32.1. The molecular formula is C22H25NO2S. The van der Waals surface area contributed by atoms with Crippen LogP contribution in [-0.2, 0) is 11.3 Å². The first-order valence-electron chi connectivity index (χ1n) is 9.52. The van der Waals surface area contributed by atoms with E-state index in [1.54, 1.807) is 17.4 Å². The summed E-state index contributed by atoms with van der Waals surface area (Å²) < 4.78 is 5.87. The molecule has 1 aromatic heterocycles. The Morgan fingerprint density at radius 3 is 2.58 bits per heavy atom. The molecule has 0 unspecified atom stereocenters. The summed E-state index contributed by atoms with van der Waals surface area (Å²) in [5, 5.41) is 2.03. The number of hydrogen-bond acceptors (Lipinski definition) is 3. The maximum Gasteiger partial charge on any atom is 0.247 e. The van der Waals surface area contributed by atoms with Crippen LogP contribution in [0.3, 0.4) is 0 Å². The smallest absolute Gasteiger partial charge is 0.247 e. The number of ether oxygens (including phenoxy) is 1. The second kappa shape index (κ2) is 8.09. The Bertz CT molecular complexity index is 743. The Labute approximate surface area is 159 Å². The maximum atomic E-state index is 12.6. The number of amides is 1. The highest BCUT2D eigenvalue weighted by molar-refractivity contribution is 7.10. The van der Waals surface area contributed by atoms with Crippen molar-refractivity contribution in [3.8, 4) is 5.75 Å². The molecule has 0 aliphatic heterocycles. The van der Waals surface area contributed by atoms with Crippen LogP contribution >= 0.6 is 11.3 Å². The van der Waals surface area contributed by atoms with Crippen LogP contribution < -0.4 is 4.74 Å². The summed E-state index contributed by atoms with van der Waals surface area (Å²) >= 11 is 1.65. The van der Waals surface area contributed by atoms with E-state index in [2.05, 4.69) is 12.1 Å². The fourth-order valence-electron chi connectivity index (χ4n) is 3.17. The molecule has 1 amide bonds. The molecule has 0 saturated heterocycles. The Kier molecular flexibility index (Phi) is 5.40. The van der Waals surface area contributed by atoms with Gasteiger partial charge < -0.3 is 9.64 Å². The summed E-state index contributed by atoms with van der Waals surface area (Å²) in [5.74, 6) is 1.78. The van der Waals surface area contributed by atoms with Crippen molar-refractivity contribution in [2.45, 2.75) is 44.7 Å². The molecule has 2 aromatic rings. The van der Waals surface area contributed by atoms with Crippen LogP contribution in [0.5, 0.6) is 5.75 Å². The molecule has 0 spiro atoms. The van der Waals surface area contributed by atoms with Gasteiger partial charge in [0.15, 0.2) is 0 Å². The van der Waals surface area contributed by atoms with Gasteiger partial charge in [-0.25, -0.2) is 0 Å². The standard InChI is InChI=1S/C22H25NO2S/c24-22(13-12-21-5-2-14-26-21)23(19-8-9-19)15-17-6-10-20(11-7-17)25-16-18-3-1-4-18/h2,5-7,10-14,18-19H,1,3-4,8-9,15-16H2. The average molecular weight is 368 g/mol. The van der Waals surface area contributed by atoms with Crippen molar-refractivity contribution in [2.24, 2.45) is 5.92 Å². The van der Waals surface area contributed by atoms with Gasteiger partial charge in [-0.1, -0.05) is 24.6 Å². The van der Waals surface area contributed by atoms with Crippen molar-refractivity contribution in [3.63, 3.8) is 0 Å². The van der Waals surface area contributed by atoms with E-state index in [1.165, 1.54) is 19.3 Å². The summed E-state index contributed by atoms with van der Waals surface area (Å²) in [6, 6.07) is 12.7. The van der Waals surface area contributed by atoms with E-state index in [9.17, 15) is 4.79 Å². The molecule has 136 valence electrons. The fraction of sp³-hybridized carbons (Fsp3) is 0.409. The first kappa shape index (κ1) is 17.3. The summed E-state index contributed by atoms with van der Waals surface area (Å²) in [4.78, 5) is 15.7. The van der Waals surface area contributed by atoms with Gasteiger partial charge in [-0.3, -0.25) is 4.79 Å². The van der Waals surface area contributed by atoms with Crippen molar-refractivity contribution < 1.29 is 9.53 Å². The Morgan fingerprint density at radius 1 is 1.15 bits per heavy atom. The highest BCUT2D eigenvalue weighted by Gasteiger charge is 2.31. The lowest BCUT2D eigenvalue weighted by atomic mass is 9.86. The van der Waals surface area contributed by atoms with Gasteiger partial charge in [-0.2, -0.15) is 0 Å². The van der Waals surface area contributed by atoms with Crippen LogP contribution in [-0.4, -0.2) is 23.5 Å². The van der Waals surface area contributed by atoms with Gasteiger partial charge in [0.1, 0.15) is 5.75 Å². The van der Waals surface area contributed by atoms with Crippen LogP contribution in [0.2, 0.25) is 0 Å². The Balaban J connectivity index is 1.34. The molecule has 0 N–H and O–H groups in total. The summed E-state index contributed by atoms with van der Waals surface area (Å²) in [6.07, 6.45) is 9.80. The third kappa shape index (κ3) is 4.55. The van der Waals surface area contributed by atoms with E-state index in [-0.39, 0.29) is 5.91 Å². The van der Waals surface area contributed by atoms with E-state index in [1.807, 2.05) is 40.6 Å². The summed E-state index contributed by atoms with van der Waals surface area (Å²) in [7, 11) is 0. The Hall–Kier alpha value is -2.07. The SMILES string of the molecule is O=C(C=Cc1cccs1)N(Cc1ccc(OCC2CCC2)cc1)C1CC1. The molecule has 1 aromatic carbocycles. The molecule has 0 radical (unpaired) electrons. The fourth-order valence-corrected chi connectivity index (χ4v) is 3.79. The first-order chi connectivity index (χ1) is 12.8. The molecule has 0 bridgehead atoms. The quantitative estimate of drug-likeness (QED) is 0.605. The van der Waals surface area contributed by atoms with Gasteiger partial charge in [-0.15, -0.1) is 11.3 Å². The zero-order chi connectivity index (χ0) is 17.8. The zero-order valence-corrected chi connectivity index (χ0v) is 15.8. The predicted octanol–water partition coefficient (Wildman–Crippen LogP) is 5.13. The number of carbonyl (C=O) groups is 1. The van der Waals surface area contributed by atoms with E-state index >= 15 is 0 Å². The number of hydrogen-bond donors (Lipinski definition) is 0. The van der Waals surface area contributed by atoms with Gasteiger partial charge in [0.05, 0.1) is 6.61 Å². The normalized spacial score (nSPS) is 17.2. The molecule has 4 rings (SSSR count). The minimum Gasteiger partial charge on any atom is -0.493 e. The molecule has 26 heavy (non-hydrogen) atoms. The van der Waals surface area contributed by atoms with Crippen LogP contribution in [0, 0.1) is 5.92 Å². The molecule has 3 nitrogen and oxygen atoms in total. The molecule has 2 aliphatic rings. The number of rotatable bonds is 8. The predicted molar refractivity (Wildman–Crippen MR) is 106 cm³/mol. The molecule has 2 aliphatic carbocycles. The lowest BCUT2D eigenvalue weighted by molar-refractivity contribution is -0.127. The largest absolute Gasteiger partial charge is 0.493 e. The molecular weight excluding hydrogens is 342 g/mol. The minimum atomic E-state index is 0.103. The summed E-state index contributed by atoms with van der Waals surface area (Å²) in [5.41, 5.74) is 1.16. The van der Waals surface area contributed by atoms with E-state index in [0.29, 0.717) is 12.6 Å². The molecule has 2 saturated carbocycles. The zero-order valence-electron chi connectivity index (χ0n) is 15.0. The molecule has 2 fully saturated rings. The topological polar surface area (TPSA) is 29.5 Å². The van der Waals surface area contributed by atoms with Gasteiger partial charge in [0.25, 0.3) is 0 Å². The number of carbonyl (C=O) groups excluding carboxylic acids is 1. The van der Waals surface area contributed by atoms with E-state index in [4.69, 9.17) is 4.74 Å². The van der Waals surface area contributed by atoms with Crippen molar-refractivity contribution in [3.05, 3.63) is 58.3 Å². The highest BCUT2D eigenvalue weighted by Crippen LogP contribution is 2.30. The summed E-state index contributed by atoms with van der Waals surface area (Å²) in [6.45, 7) is 1.50. The lowest BCUT2D eigenvalue weighted by Gasteiger charge is -2.25. The van der Waals surface area contributed by atoms with Crippen molar-refractivity contribution in [1.29, 1.82) is 0 Å². The van der Waals surface area contributed by atoms with E-state index in [0.717, 1.165) is 41.6 Å². The van der Waals surface area contributed by atoms with Crippen LogP contribution in [0.1, 0.15) is 42.5 Å². The van der Waals surface area contributed by atoms with Crippen molar-refractivity contribution >= 4 is 23.3 Å². The average Bonchev–Trinajstić information content (AvgIpc) is 3.32. The second-order valence-corrected chi connectivity index (χ2v) is 8.28. The van der Waals surface area contributed by atoms with Crippen LogP contribution in [0.25, 0.3) is 6.08 Å². The van der Waals surface area contributed by atoms with Crippen molar-refractivity contribution in [2.75, 3.05) is 6.61 Å². The maximum absolute atomic E-state index is 12.6. The van der Waals surface area contributed by atoms with Gasteiger partial charge in [-0.05, 0) is 66.8 Å². The molecule has 4 heteroatoms. The van der Waals surface area contributed by atoms with Gasteiger partial charge in [0, 0.05) is 23.5 Å². The Morgan fingerprint density at radius 2 is 1.96 bits per heavy atom. The molecule has 0 atom stereocenters. The van der Waals surface area contributed by atoms with Gasteiger partial charge in [0.2, 0.25) is 5.91 Å². The lowest BCUT2D eigenvalue weighted by Crippen LogP contribution is -2.31. The number of thiophene rings is 1. The monoisotopic (exact) mass is 367 g/mol. The van der Waals surface area contributed by atoms with Crippen molar-refractivity contribution in [1.82, 2.24) is 4.90 Å². The van der Waals surface area contributed by atoms with Gasteiger partial charge >= 0.3 is 0 Å². The third-order valence-electron chi connectivity index (χ3n) is 5.19. The number of benzene rings is 1. The van der Waals surface area contributed by atoms with Crippen LogP contribution in [0.15, 0.2) is 47.9 Å². The minimum absolute atomic E-state index is 0.103.